The van der Waals surface area contributed by atoms with E-state index in [1.165, 1.54) is 0 Å². The molecule has 0 aromatic heterocycles. The Balaban J connectivity index is 1.40. The van der Waals surface area contributed by atoms with E-state index >= 15 is 0 Å². The lowest BCUT2D eigenvalue weighted by Crippen LogP contribution is -2.50. The predicted octanol–water partition coefficient (Wildman–Crippen LogP) is 1.15. The molecular formula is C18H30N4O2. The van der Waals surface area contributed by atoms with Crippen LogP contribution in [0.1, 0.15) is 25.7 Å². The molecular weight excluding hydrogens is 304 g/mol. The number of carbonyl (C=O) groups excluding carboxylic acids is 2. The number of allylic oxidation sites excluding steroid dienone is 2. The van der Waals surface area contributed by atoms with E-state index in [-0.39, 0.29) is 18.0 Å². The molecule has 2 fully saturated rings. The van der Waals surface area contributed by atoms with Crippen molar-refractivity contribution in [3.05, 3.63) is 12.2 Å². The molecule has 3 amide bonds. The van der Waals surface area contributed by atoms with Crippen LogP contribution < -0.4 is 5.32 Å². The Morgan fingerprint density at radius 2 is 1.67 bits per heavy atom. The quantitative estimate of drug-likeness (QED) is 0.788. The number of hydrogen-bond donors (Lipinski definition) is 1. The van der Waals surface area contributed by atoms with Gasteiger partial charge in [-0.25, -0.2) is 4.79 Å². The Bertz CT molecular complexity index is 481. The van der Waals surface area contributed by atoms with Crippen molar-refractivity contribution in [2.75, 3.05) is 46.8 Å². The normalized spacial score (nSPS) is 27.8. The molecule has 3 rings (SSSR count). The van der Waals surface area contributed by atoms with Gasteiger partial charge in [-0.05, 0) is 37.5 Å². The molecule has 2 heterocycles. The lowest BCUT2D eigenvalue weighted by atomic mass is 9.86. The SMILES string of the molecule is CN(C)C(=O)CN1CCC(NC(=O)N2C[C@@H]3CC=CC[C@H]3C2)CC1. The lowest BCUT2D eigenvalue weighted by molar-refractivity contribution is -0.130. The summed E-state index contributed by atoms with van der Waals surface area (Å²) in [7, 11) is 3.58. The number of nitrogens with zero attached hydrogens (tertiary/aromatic N) is 3. The van der Waals surface area contributed by atoms with Crippen LogP contribution in [0.3, 0.4) is 0 Å². The molecule has 1 N–H and O–H groups in total. The molecule has 0 radical (unpaired) electrons. The highest BCUT2D eigenvalue weighted by molar-refractivity contribution is 5.77. The fourth-order valence-corrected chi connectivity index (χ4v) is 4.01. The van der Waals surface area contributed by atoms with Gasteiger partial charge in [-0.2, -0.15) is 0 Å². The van der Waals surface area contributed by atoms with Crippen LogP contribution in [0.15, 0.2) is 12.2 Å². The van der Waals surface area contributed by atoms with E-state index in [1.54, 1.807) is 19.0 Å². The van der Waals surface area contributed by atoms with Gasteiger partial charge in [-0.1, -0.05) is 12.2 Å². The second kappa shape index (κ2) is 7.55. The van der Waals surface area contributed by atoms with Crippen molar-refractivity contribution >= 4 is 11.9 Å². The maximum absolute atomic E-state index is 12.5. The molecule has 0 spiro atoms. The monoisotopic (exact) mass is 334 g/mol. The highest BCUT2D eigenvalue weighted by atomic mass is 16.2. The van der Waals surface area contributed by atoms with E-state index in [1.807, 2.05) is 4.90 Å². The van der Waals surface area contributed by atoms with E-state index < -0.39 is 0 Å². The molecule has 6 nitrogen and oxygen atoms in total. The van der Waals surface area contributed by atoms with Gasteiger partial charge >= 0.3 is 6.03 Å². The summed E-state index contributed by atoms with van der Waals surface area (Å²) < 4.78 is 0. The fraction of sp³-hybridized carbons (Fsp3) is 0.778. The first-order valence-electron chi connectivity index (χ1n) is 9.16. The summed E-state index contributed by atoms with van der Waals surface area (Å²) >= 11 is 0. The summed E-state index contributed by atoms with van der Waals surface area (Å²) in [6.07, 6.45) is 8.60. The second-order valence-electron chi connectivity index (χ2n) is 7.66. The Kier molecular flexibility index (Phi) is 5.43. The maximum atomic E-state index is 12.5. The molecule has 0 bridgehead atoms. The van der Waals surface area contributed by atoms with Crippen molar-refractivity contribution in [3.63, 3.8) is 0 Å². The van der Waals surface area contributed by atoms with Crippen LogP contribution in [0.5, 0.6) is 0 Å². The minimum Gasteiger partial charge on any atom is -0.348 e. The maximum Gasteiger partial charge on any atom is 0.317 e. The first-order chi connectivity index (χ1) is 11.5. The number of likely N-dealkylation sites (tertiary alicyclic amines) is 2. The van der Waals surface area contributed by atoms with Gasteiger partial charge in [-0.3, -0.25) is 9.69 Å². The molecule has 2 atom stereocenters. The molecule has 1 aliphatic carbocycles. The number of urea groups is 1. The Morgan fingerprint density at radius 3 is 2.21 bits per heavy atom. The smallest absolute Gasteiger partial charge is 0.317 e. The van der Waals surface area contributed by atoms with Crippen LogP contribution in [0.25, 0.3) is 0 Å². The van der Waals surface area contributed by atoms with Gasteiger partial charge in [0.25, 0.3) is 0 Å². The minimum absolute atomic E-state index is 0.104. The fourth-order valence-electron chi connectivity index (χ4n) is 4.01. The van der Waals surface area contributed by atoms with Crippen molar-refractivity contribution < 1.29 is 9.59 Å². The third kappa shape index (κ3) is 4.09. The van der Waals surface area contributed by atoms with Crippen LogP contribution in [-0.4, -0.2) is 79.5 Å². The van der Waals surface area contributed by atoms with Crippen molar-refractivity contribution in [3.8, 4) is 0 Å². The van der Waals surface area contributed by atoms with Crippen molar-refractivity contribution in [2.24, 2.45) is 11.8 Å². The van der Waals surface area contributed by atoms with Crippen molar-refractivity contribution in [1.29, 1.82) is 0 Å². The average molecular weight is 334 g/mol. The van der Waals surface area contributed by atoms with Crippen molar-refractivity contribution in [2.45, 2.75) is 31.7 Å². The highest BCUT2D eigenvalue weighted by Crippen LogP contribution is 2.32. The van der Waals surface area contributed by atoms with Gasteiger partial charge in [0.15, 0.2) is 0 Å². The summed E-state index contributed by atoms with van der Waals surface area (Å²) in [5, 5.41) is 3.21. The van der Waals surface area contributed by atoms with Crippen LogP contribution in [0.4, 0.5) is 4.79 Å². The minimum atomic E-state index is 0.104. The summed E-state index contributed by atoms with van der Waals surface area (Å²) in [5.74, 6) is 1.45. The van der Waals surface area contributed by atoms with Gasteiger partial charge in [-0.15, -0.1) is 0 Å². The third-order valence-electron chi connectivity index (χ3n) is 5.68. The van der Waals surface area contributed by atoms with Crippen LogP contribution in [-0.2, 0) is 4.79 Å². The first-order valence-corrected chi connectivity index (χ1v) is 9.16. The van der Waals surface area contributed by atoms with E-state index in [9.17, 15) is 9.59 Å². The van der Waals surface area contributed by atoms with E-state index in [0.717, 1.165) is 51.9 Å². The summed E-state index contributed by atoms with van der Waals surface area (Å²) in [5.41, 5.74) is 0. The van der Waals surface area contributed by atoms with Crippen LogP contribution >= 0.6 is 0 Å². The number of hydrogen-bond acceptors (Lipinski definition) is 3. The number of rotatable bonds is 3. The Hall–Kier alpha value is -1.56. The van der Waals surface area contributed by atoms with Crippen LogP contribution in [0, 0.1) is 11.8 Å². The third-order valence-corrected chi connectivity index (χ3v) is 5.68. The standard InChI is InChI=1S/C18H30N4O2/c1-20(2)17(23)13-21-9-7-16(8-10-21)19-18(24)22-11-14-5-3-4-6-15(14)12-22/h3-4,14-16H,5-13H2,1-2H3,(H,19,24)/t14-,15-/m0/s1. The topological polar surface area (TPSA) is 55.9 Å². The average Bonchev–Trinajstić information content (AvgIpc) is 3.00. The number of piperidine rings is 1. The lowest BCUT2D eigenvalue weighted by Gasteiger charge is -2.33. The van der Waals surface area contributed by atoms with Gasteiger partial charge in [0, 0.05) is 46.3 Å². The molecule has 134 valence electrons. The largest absolute Gasteiger partial charge is 0.348 e. The molecule has 0 aromatic rings. The molecule has 0 saturated carbocycles. The molecule has 2 saturated heterocycles. The number of nitrogens with one attached hydrogen (secondary N) is 1. The molecule has 0 aromatic carbocycles. The molecule has 2 aliphatic heterocycles. The summed E-state index contributed by atoms with van der Waals surface area (Å²) in [6, 6.07) is 0.344. The van der Waals surface area contributed by atoms with Crippen molar-refractivity contribution in [1.82, 2.24) is 20.0 Å². The Labute approximate surface area is 144 Å². The van der Waals surface area contributed by atoms with E-state index in [4.69, 9.17) is 0 Å². The number of fused-ring (bicyclic) bond motifs is 1. The second-order valence-corrected chi connectivity index (χ2v) is 7.66. The zero-order valence-electron chi connectivity index (χ0n) is 14.9. The number of likely N-dealkylation sites (N-methyl/N-ethyl adjacent to an activating group) is 1. The molecule has 3 aliphatic rings. The number of amides is 3. The zero-order valence-corrected chi connectivity index (χ0v) is 14.9. The highest BCUT2D eigenvalue weighted by Gasteiger charge is 2.35. The number of carbonyl (C=O) groups is 2. The molecule has 24 heavy (non-hydrogen) atoms. The van der Waals surface area contributed by atoms with Gasteiger partial charge in [0.1, 0.15) is 0 Å². The van der Waals surface area contributed by atoms with Gasteiger partial charge in [0.2, 0.25) is 5.91 Å². The molecule has 6 heteroatoms. The van der Waals surface area contributed by atoms with Gasteiger partial charge < -0.3 is 15.1 Å². The van der Waals surface area contributed by atoms with E-state index in [0.29, 0.717) is 18.4 Å². The first kappa shape index (κ1) is 17.3. The summed E-state index contributed by atoms with van der Waals surface area (Å²) in [4.78, 5) is 30.1. The predicted molar refractivity (Wildman–Crippen MR) is 93.6 cm³/mol. The zero-order chi connectivity index (χ0) is 17.1. The van der Waals surface area contributed by atoms with Crippen LogP contribution in [0.2, 0.25) is 0 Å². The summed E-state index contributed by atoms with van der Waals surface area (Å²) in [6.45, 7) is 4.03. The Morgan fingerprint density at radius 1 is 1.08 bits per heavy atom. The van der Waals surface area contributed by atoms with Gasteiger partial charge in [0.05, 0.1) is 6.54 Å². The molecule has 0 unspecified atom stereocenters. The van der Waals surface area contributed by atoms with E-state index in [2.05, 4.69) is 22.4 Å².